The lowest BCUT2D eigenvalue weighted by atomic mass is 9.88. The van der Waals surface area contributed by atoms with Gasteiger partial charge in [-0.05, 0) is 0 Å². The summed E-state index contributed by atoms with van der Waals surface area (Å²) in [6.07, 6.45) is -46.1. The molecule has 5 aliphatic heterocycles. The number of ether oxygens (including phenoxy) is 9. The Balaban J connectivity index is 1.35. The Labute approximate surface area is 384 Å². The second-order valence-corrected chi connectivity index (χ2v) is 16.9. The van der Waals surface area contributed by atoms with E-state index in [0.717, 1.165) is 13.8 Å². The Bertz CT molecular complexity index is 1660. The van der Waals surface area contributed by atoms with Crippen molar-refractivity contribution in [2.75, 3.05) is 33.0 Å². The van der Waals surface area contributed by atoms with E-state index < -0.39 is 216 Å². The number of carbonyl (C=O) groups excluding carboxylic acids is 2. The summed E-state index contributed by atoms with van der Waals surface area (Å²) >= 11 is 0. The number of rotatable bonds is 18. The highest BCUT2D eigenvalue weighted by molar-refractivity contribution is 5.76. The smallest absolute Gasteiger partial charge is 0.364 e. The van der Waals surface area contributed by atoms with Gasteiger partial charge in [0.25, 0.3) is 5.79 Å². The van der Waals surface area contributed by atoms with Gasteiger partial charge in [0.05, 0.1) is 45.2 Å². The van der Waals surface area contributed by atoms with Crippen LogP contribution in [0, 0.1) is 0 Å². The predicted molar refractivity (Wildman–Crippen MR) is 207 cm³/mol. The number of carboxylic acids is 1. The van der Waals surface area contributed by atoms with Crippen LogP contribution >= 0.6 is 0 Å². The fourth-order valence-corrected chi connectivity index (χ4v) is 8.43. The fraction of sp³-hybridized carbons (Fsp3) is 0.919. The summed E-state index contributed by atoms with van der Waals surface area (Å²) < 4.78 is 50.3. The number of aliphatic carboxylic acids is 1. The van der Waals surface area contributed by atoms with Crippen LogP contribution in [0.3, 0.4) is 0 Å². The Hall–Kier alpha value is -2.59. The number of carbonyl (C=O) groups is 3. The number of aliphatic hydroxyl groups is 16. The fourth-order valence-electron chi connectivity index (χ4n) is 8.43. The Kier molecular flexibility index (Phi) is 19.7. The molecule has 394 valence electrons. The molecule has 5 saturated heterocycles. The average molecular weight is 999 g/mol. The van der Waals surface area contributed by atoms with Crippen LogP contribution in [0.1, 0.15) is 20.3 Å². The molecule has 0 aromatic carbocycles. The van der Waals surface area contributed by atoms with Crippen molar-refractivity contribution in [1.82, 2.24) is 10.6 Å². The molecule has 0 bridgehead atoms. The van der Waals surface area contributed by atoms with Gasteiger partial charge in [-0.3, -0.25) is 9.59 Å². The van der Waals surface area contributed by atoms with Gasteiger partial charge < -0.3 is 140 Å². The first-order chi connectivity index (χ1) is 31.9. The van der Waals surface area contributed by atoms with Crippen molar-refractivity contribution >= 4 is 17.8 Å². The summed E-state index contributed by atoms with van der Waals surface area (Å²) in [4.78, 5) is 37.1. The summed E-state index contributed by atoms with van der Waals surface area (Å²) in [6, 6.07) is -3.37. The lowest BCUT2D eigenvalue weighted by molar-refractivity contribution is -0.381. The number of hydrogen-bond donors (Lipinski definition) is 19. The minimum absolute atomic E-state index is 0.776. The molecule has 0 radical (unpaired) electrons. The number of carboxylic acid groups (broad SMARTS) is 1. The predicted octanol–water partition coefficient (Wildman–Crippen LogP) is -12.4. The van der Waals surface area contributed by atoms with Crippen LogP contribution in [0.25, 0.3) is 0 Å². The molecule has 0 saturated carbocycles. The van der Waals surface area contributed by atoms with Crippen molar-refractivity contribution < 1.29 is 144 Å². The van der Waals surface area contributed by atoms with Gasteiger partial charge in [-0.1, -0.05) is 0 Å². The van der Waals surface area contributed by atoms with Crippen LogP contribution in [0.4, 0.5) is 0 Å². The van der Waals surface area contributed by atoms with E-state index in [1.165, 1.54) is 0 Å². The van der Waals surface area contributed by atoms with Crippen molar-refractivity contribution in [3.8, 4) is 0 Å². The Morgan fingerprint density at radius 3 is 1.66 bits per heavy atom. The van der Waals surface area contributed by atoms with Crippen LogP contribution in [0.15, 0.2) is 0 Å². The third-order valence-electron chi connectivity index (χ3n) is 12.1. The minimum Gasteiger partial charge on any atom is -0.477 e. The first-order valence-electron chi connectivity index (χ1n) is 21.2. The lowest BCUT2D eigenvalue weighted by Crippen LogP contribution is -2.70. The molecule has 19 N–H and O–H groups in total. The van der Waals surface area contributed by atoms with Gasteiger partial charge in [0.15, 0.2) is 25.2 Å². The van der Waals surface area contributed by atoms with E-state index in [9.17, 15) is 101 Å². The monoisotopic (exact) mass is 998 g/mol. The third-order valence-corrected chi connectivity index (χ3v) is 12.1. The quantitative estimate of drug-likeness (QED) is 0.0606. The molecule has 5 heterocycles. The first-order valence-corrected chi connectivity index (χ1v) is 21.2. The molecule has 0 aliphatic carbocycles. The SMILES string of the molecule is CC(=O)N[C@H]1[C@H](O[C@H]2[C@@H](O)[C@@H](CO)O[C@@H](O[C@H]3[C@H](O)[C@@H](O)C(O)O[C@@H]3CO)[C@@H]2O)O[C@H](CO)[C@@H](O[C@@H]2O[C@H](CO[C@@]3(C(=O)O)C[C@H](O)[C@@H](NC(C)=O)[C@H]([C@H](O)[C@H](O)CO)O3)[C@H](O)[C@H](O)[C@H]2O)[C@@H]1O. The van der Waals surface area contributed by atoms with E-state index >= 15 is 0 Å². The summed E-state index contributed by atoms with van der Waals surface area (Å²) in [5.41, 5.74) is 0. The molecule has 0 aromatic heterocycles. The molecular formula is C37H62N2O29. The second kappa shape index (κ2) is 23.8. The second-order valence-electron chi connectivity index (χ2n) is 16.9. The molecule has 5 rings (SSSR count). The van der Waals surface area contributed by atoms with E-state index in [0.29, 0.717) is 0 Å². The number of hydrogen-bond acceptors (Lipinski definition) is 28. The van der Waals surface area contributed by atoms with Gasteiger partial charge in [-0.15, -0.1) is 0 Å². The van der Waals surface area contributed by atoms with E-state index in [4.69, 9.17) is 42.6 Å². The van der Waals surface area contributed by atoms with Crippen LogP contribution in [-0.4, -0.2) is 297 Å². The number of nitrogens with one attached hydrogen (secondary N) is 2. The highest BCUT2D eigenvalue weighted by Crippen LogP contribution is 2.37. The standard InChI is InChI=1S/C37H62N2O29/c1-9(44)38-17-11(46)3-37(36(58)59,68-30(17)19(48)12(47)4-40)60-8-16-20(49)23(52)26(55)34(64-16)65-28-15(7-43)63-33(18(22(28)51)39-10(2)45)67-31-21(50)13(5-41)62-35(27(31)56)66-29-14(6-42)61-32(57)25(54)24(29)53/h11-35,40-43,46-57H,3-8H2,1-2H3,(H,38,44)(H,39,45)(H,58,59)/t11-,12+,13+,14+,15+,16+,17+,18+,19+,20-,21-,22+,23-,24+,25+,26+,27+,28+,29+,30+,31-,32?,33-,34-,35-,37-/m0/s1. The van der Waals surface area contributed by atoms with Crippen LogP contribution in [0.2, 0.25) is 0 Å². The molecule has 31 nitrogen and oxygen atoms in total. The molecule has 26 atom stereocenters. The van der Waals surface area contributed by atoms with Crippen molar-refractivity contribution in [2.45, 2.75) is 179 Å². The molecule has 5 fully saturated rings. The summed E-state index contributed by atoms with van der Waals surface area (Å²) in [5, 5.41) is 184. The highest BCUT2D eigenvalue weighted by atomic mass is 16.8. The van der Waals surface area contributed by atoms with Crippen molar-refractivity contribution in [3.05, 3.63) is 0 Å². The van der Waals surface area contributed by atoms with Gasteiger partial charge in [-0.2, -0.15) is 0 Å². The number of amides is 2. The normalized spacial score (nSPS) is 46.6. The van der Waals surface area contributed by atoms with Crippen molar-refractivity contribution in [2.24, 2.45) is 0 Å². The molecule has 2 amide bonds. The maximum absolute atomic E-state index is 12.7. The molecule has 68 heavy (non-hydrogen) atoms. The van der Waals surface area contributed by atoms with Crippen LogP contribution < -0.4 is 10.6 Å². The maximum Gasteiger partial charge on any atom is 0.364 e. The molecule has 0 spiro atoms. The van der Waals surface area contributed by atoms with Gasteiger partial charge in [0.1, 0.15) is 116 Å². The molecule has 1 unspecified atom stereocenters. The highest BCUT2D eigenvalue weighted by Gasteiger charge is 2.59. The van der Waals surface area contributed by atoms with E-state index in [2.05, 4.69) is 10.6 Å². The van der Waals surface area contributed by atoms with Gasteiger partial charge in [0.2, 0.25) is 11.8 Å². The minimum atomic E-state index is -2.96. The average Bonchev–Trinajstić information content (AvgIpc) is 3.29. The lowest BCUT2D eigenvalue weighted by Gasteiger charge is -2.50. The summed E-state index contributed by atoms with van der Waals surface area (Å²) in [6.45, 7) is -3.11. The zero-order valence-electron chi connectivity index (χ0n) is 36.2. The third kappa shape index (κ3) is 12.0. The Morgan fingerprint density at radius 1 is 0.588 bits per heavy atom. The maximum atomic E-state index is 12.7. The van der Waals surface area contributed by atoms with Crippen LogP contribution in [-0.2, 0) is 57.0 Å². The zero-order chi connectivity index (χ0) is 50.7. The van der Waals surface area contributed by atoms with Crippen molar-refractivity contribution in [1.29, 1.82) is 0 Å². The van der Waals surface area contributed by atoms with E-state index in [1.54, 1.807) is 0 Å². The van der Waals surface area contributed by atoms with E-state index in [-0.39, 0.29) is 0 Å². The Morgan fingerprint density at radius 2 is 1.10 bits per heavy atom. The van der Waals surface area contributed by atoms with Gasteiger partial charge in [0, 0.05) is 20.3 Å². The van der Waals surface area contributed by atoms with Gasteiger partial charge >= 0.3 is 5.97 Å². The number of aliphatic hydroxyl groups excluding tert-OH is 16. The van der Waals surface area contributed by atoms with Crippen LogP contribution in [0.5, 0.6) is 0 Å². The van der Waals surface area contributed by atoms with Gasteiger partial charge in [-0.25, -0.2) is 4.79 Å². The topological polar surface area (TPSA) is 502 Å². The molecule has 31 heteroatoms. The molecular weight excluding hydrogens is 936 g/mol. The largest absolute Gasteiger partial charge is 0.477 e. The molecule has 0 aromatic rings. The van der Waals surface area contributed by atoms with Crippen molar-refractivity contribution in [3.63, 3.8) is 0 Å². The zero-order valence-corrected chi connectivity index (χ0v) is 36.2. The molecule has 5 aliphatic rings. The summed E-state index contributed by atoms with van der Waals surface area (Å²) in [7, 11) is 0. The first kappa shape index (κ1) is 56.3. The van der Waals surface area contributed by atoms with E-state index in [1.807, 2.05) is 0 Å². The summed E-state index contributed by atoms with van der Waals surface area (Å²) in [5.74, 6) is -6.55.